The molecule has 1 unspecified atom stereocenters. The van der Waals surface area contributed by atoms with Crippen LogP contribution in [0.2, 0.25) is 0 Å². The molecular weight excluding hydrogens is 236 g/mol. The molecule has 0 radical (unpaired) electrons. The lowest BCUT2D eigenvalue weighted by atomic mass is 9.91. The van der Waals surface area contributed by atoms with E-state index in [2.05, 4.69) is 24.2 Å². The van der Waals surface area contributed by atoms with Gasteiger partial charge in [-0.05, 0) is 18.8 Å². The Labute approximate surface area is 115 Å². The minimum Gasteiger partial charge on any atom is -0.309 e. The summed E-state index contributed by atoms with van der Waals surface area (Å²) < 4.78 is 0. The van der Waals surface area contributed by atoms with Crippen molar-refractivity contribution in [2.45, 2.75) is 45.6 Å². The van der Waals surface area contributed by atoms with Crippen molar-refractivity contribution in [3.05, 3.63) is 35.9 Å². The van der Waals surface area contributed by atoms with Crippen LogP contribution in [0.3, 0.4) is 0 Å². The second-order valence-corrected chi connectivity index (χ2v) is 5.12. The molecule has 1 aromatic rings. The number of amidine groups is 1. The third kappa shape index (κ3) is 3.22. The smallest absolute Gasteiger partial charge is 0.250 e. The summed E-state index contributed by atoms with van der Waals surface area (Å²) in [6, 6.07) is 9.66. The van der Waals surface area contributed by atoms with Crippen molar-refractivity contribution in [2.75, 3.05) is 0 Å². The summed E-state index contributed by atoms with van der Waals surface area (Å²) in [5.41, 5.74) is 0.991. The highest BCUT2D eigenvalue weighted by molar-refractivity contribution is 6.13. The Hall–Kier alpha value is -1.64. The number of carbonyl (C=O) groups excluding carboxylic acids is 1. The van der Waals surface area contributed by atoms with E-state index in [1.54, 1.807) is 0 Å². The van der Waals surface area contributed by atoms with Gasteiger partial charge in [-0.1, -0.05) is 57.0 Å². The maximum Gasteiger partial charge on any atom is 0.250 e. The molecule has 1 aliphatic rings. The van der Waals surface area contributed by atoms with E-state index in [-0.39, 0.29) is 11.9 Å². The molecule has 0 saturated heterocycles. The molecule has 3 nitrogen and oxygen atoms in total. The van der Waals surface area contributed by atoms with Gasteiger partial charge in [0, 0.05) is 5.56 Å². The Morgan fingerprint density at radius 3 is 2.37 bits per heavy atom. The molecule has 0 aliphatic carbocycles. The Kier molecular flexibility index (Phi) is 4.72. The molecular formula is C16H22N2O. The van der Waals surface area contributed by atoms with Crippen molar-refractivity contribution in [1.29, 1.82) is 0 Å². The average Bonchev–Trinajstić information content (AvgIpc) is 2.82. The summed E-state index contributed by atoms with van der Waals surface area (Å²) in [5.74, 6) is 1.16. The summed E-state index contributed by atoms with van der Waals surface area (Å²) in [7, 11) is 0. The standard InChI is InChI=1S/C16H22N2O/c1-3-8-12(9-4-2)14-16(19)18-15(17-14)13-10-6-5-7-11-13/h5-7,10-12,14H,3-4,8-9H2,1-2H3,(H,17,18,19). The summed E-state index contributed by atoms with van der Waals surface area (Å²) in [6.45, 7) is 4.33. The van der Waals surface area contributed by atoms with Crippen LogP contribution in [0.25, 0.3) is 0 Å². The highest BCUT2D eigenvalue weighted by Gasteiger charge is 2.32. The van der Waals surface area contributed by atoms with Crippen LogP contribution in [0.15, 0.2) is 35.3 Å². The molecule has 0 spiro atoms. The topological polar surface area (TPSA) is 41.5 Å². The van der Waals surface area contributed by atoms with Crippen LogP contribution in [-0.2, 0) is 4.79 Å². The second-order valence-electron chi connectivity index (χ2n) is 5.12. The molecule has 0 fully saturated rings. The fourth-order valence-corrected chi connectivity index (χ4v) is 2.68. The number of amides is 1. The van der Waals surface area contributed by atoms with Gasteiger partial charge in [-0.3, -0.25) is 9.79 Å². The van der Waals surface area contributed by atoms with Gasteiger partial charge >= 0.3 is 0 Å². The van der Waals surface area contributed by atoms with E-state index in [1.165, 1.54) is 0 Å². The van der Waals surface area contributed by atoms with Gasteiger partial charge in [-0.15, -0.1) is 0 Å². The number of rotatable bonds is 6. The normalized spacial score (nSPS) is 18.6. The van der Waals surface area contributed by atoms with E-state index in [1.807, 2.05) is 30.3 Å². The van der Waals surface area contributed by atoms with Crippen LogP contribution < -0.4 is 5.32 Å². The fraction of sp³-hybridized carbons (Fsp3) is 0.500. The molecule has 102 valence electrons. The quantitative estimate of drug-likeness (QED) is 0.836. The molecule has 1 heterocycles. The van der Waals surface area contributed by atoms with Gasteiger partial charge in [0.2, 0.25) is 0 Å². The van der Waals surface area contributed by atoms with Gasteiger partial charge in [-0.2, -0.15) is 0 Å². The van der Waals surface area contributed by atoms with Crippen molar-refractivity contribution in [2.24, 2.45) is 10.9 Å². The molecule has 1 atom stereocenters. The zero-order valence-corrected chi connectivity index (χ0v) is 11.7. The minimum atomic E-state index is -0.199. The first kappa shape index (κ1) is 13.8. The molecule has 1 N–H and O–H groups in total. The molecule has 1 amide bonds. The van der Waals surface area contributed by atoms with Crippen LogP contribution in [0.1, 0.15) is 45.1 Å². The first-order valence-corrected chi connectivity index (χ1v) is 7.20. The summed E-state index contributed by atoms with van der Waals surface area (Å²) >= 11 is 0. The Bertz CT molecular complexity index is 447. The van der Waals surface area contributed by atoms with Crippen LogP contribution in [0.4, 0.5) is 0 Å². The molecule has 19 heavy (non-hydrogen) atoms. The monoisotopic (exact) mass is 258 g/mol. The Morgan fingerprint density at radius 2 is 1.79 bits per heavy atom. The van der Waals surface area contributed by atoms with Gasteiger partial charge in [-0.25, -0.2) is 0 Å². The van der Waals surface area contributed by atoms with Gasteiger partial charge in [0.1, 0.15) is 11.9 Å². The zero-order chi connectivity index (χ0) is 13.7. The molecule has 1 aliphatic heterocycles. The Balaban J connectivity index is 2.17. The van der Waals surface area contributed by atoms with Crippen LogP contribution in [0, 0.1) is 5.92 Å². The Morgan fingerprint density at radius 1 is 1.16 bits per heavy atom. The number of nitrogens with one attached hydrogen (secondary N) is 1. The fourth-order valence-electron chi connectivity index (χ4n) is 2.68. The van der Waals surface area contributed by atoms with E-state index in [0.717, 1.165) is 37.1 Å². The maximum absolute atomic E-state index is 12.1. The lowest BCUT2D eigenvalue weighted by Gasteiger charge is -2.18. The highest BCUT2D eigenvalue weighted by atomic mass is 16.2. The molecule has 0 aromatic heterocycles. The van der Waals surface area contributed by atoms with Crippen molar-refractivity contribution < 1.29 is 4.79 Å². The van der Waals surface area contributed by atoms with Gasteiger partial charge < -0.3 is 5.32 Å². The van der Waals surface area contributed by atoms with E-state index in [9.17, 15) is 4.79 Å². The zero-order valence-electron chi connectivity index (χ0n) is 11.7. The third-order valence-electron chi connectivity index (χ3n) is 3.59. The van der Waals surface area contributed by atoms with Crippen molar-refractivity contribution in [1.82, 2.24) is 5.32 Å². The lowest BCUT2D eigenvalue weighted by molar-refractivity contribution is -0.121. The first-order chi connectivity index (χ1) is 9.26. The molecule has 0 saturated carbocycles. The van der Waals surface area contributed by atoms with E-state index in [0.29, 0.717) is 5.92 Å². The van der Waals surface area contributed by atoms with Gasteiger partial charge in [0.15, 0.2) is 0 Å². The van der Waals surface area contributed by atoms with Gasteiger partial charge in [0.25, 0.3) is 5.91 Å². The molecule has 3 heteroatoms. The number of benzene rings is 1. The average molecular weight is 258 g/mol. The van der Waals surface area contributed by atoms with Crippen LogP contribution in [0.5, 0.6) is 0 Å². The van der Waals surface area contributed by atoms with Crippen molar-refractivity contribution in [3.8, 4) is 0 Å². The molecule has 1 aromatic carbocycles. The number of carbonyl (C=O) groups is 1. The number of hydrogen-bond acceptors (Lipinski definition) is 2. The van der Waals surface area contributed by atoms with E-state index < -0.39 is 0 Å². The number of nitrogens with zero attached hydrogens (tertiary/aromatic N) is 1. The predicted molar refractivity (Wildman–Crippen MR) is 78.2 cm³/mol. The van der Waals surface area contributed by atoms with Crippen LogP contribution >= 0.6 is 0 Å². The summed E-state index contributed by atoms with van der Waals surface area (Å²) in [4.78, 5) is 16.8. The maximum atomic E-state index is 12.1. The largest absolute Gasteiger partial charge is 0.309 e. The minimum absolute atomic E-state index is 0.0609. The highest BCUT2D eigenvalue weighted by Crippen LogP contribution is 2.24. The second kappa shape index (κ2) is 6.50. The summed E-state index contributed by atoms with van der Waals surface area (Å²) in [5, 5.41) is 2.93. The van der Waals surface area contributed by atoms with Crippen LogP contribution in [-0.4, -0.2) is 17.8 Å². The third-order valence-corrected chi connectivity index (χ3v) is 3.59. The summed E-state index contributed by atoms with van der Waals surface area (Å²) in [6.07, 6.45) is 4.34. The van der Waals surface area contributed by atoms with Crippen molar-refractivity contribution in [3.63, 3.8) is 0 Å². The van der Waals surface area contributed by atoms with Gasteiger partial charge in [0.05, 0.1) is 0 Å². The predicted octanol–water partition coefficient (Wildman–Crippen LogP) is 3.15. The SMILES string of the molecule is CCCC(CCC)C1N=C(c2ccccc2)NC1=O. The number of aliphatic imine (C=N–C) groups is 1. The molecule has 2 rings (SSSR count). The first-order valence-electron chi connectivity index (χ1n) is 7.20. The van der Waals surface area contributed by atoms with Crippen molar-refractivity contribution >= 4 is 11.7 Å². The number of hydrogen-bond donors (Lipinski definition) is 1. The lowest BCUT2D eigenvalue weighted by Crippen LogP contribution is -2.33. The molecule has 0 bridgehead atoms. The van der Waals surface area contributed by atoms with E-state index >= 15 is 0 Å². The van der Waals surface area contributed by atoms with E-state index in [4.69, 9.17) is 0 Å².